The minimum absolute atomic E-state index is 0.176. The summed E-state index contributed by atoms with van der Waals surface area (Å²) < 4.78 is 4.84. The first-order valence-electron chi connectivity index (χ1n) is 6.42. The zero-order valence-electron chi connectivity index (χ0n) is 12.1. The second-order valence-electron chi connectivity index (χ2n) is 4.39. The van der Waals surface area contributed by atoms with Gasteiger partial charge in [0.2, 0.25) is 0 Å². The predicted octanol–water partition coefficient (Wildman–Crippen LogP) is 1.80. The summed E-state index contributed by atoms with van der Waals surface area (Å²) in [6.07, 6.45) is 4.62. The summed E-state index contributed by atoms with van der Waals surface area (Å²) in [5.41, 5.74) is 0.176. The molecule has 0 fully saturated rings. The molecule has 2 N–H and O–H groups in total. The minimum Gasteiger partial charge on any atom is -0.478 e. The van der Waals surface area contributed by atoms with Gasteiger partial charge in [-0.3, -0.25) is 4.79 Å². The number of carbonyl (C=O) groups excluding carboxylic acids is 2. The summed E-state index contributed by atoms with van der Waals surface area (Å²) in [5.74, 6) is -3.45. The molecule has 0 spiro atoms. The van der Waals surface area contributed by atoms with E-state index in [2.05, 4.69) is 11.5 Å². The zero-order chi connectivity index (χ0) is 16.4. The van der Waals surface area contributed by atoms with Crippen molar-refractivity contribution in [3.05, 3.63) is 24.3 Å². The van der Waals surface area contributed by atoms with Crippen molar-refractivity contribution in [3.63, 3.8) is 0 Å². The molecule has 0 aliphatic heterocycles. The Labute approximate surface area is 122 Å². The monoisotopic (exact) mass is 300 g/mol. The molecule has 2 unspecified atom stereocenters. The molecule has 2 atom stereocenters. The van der Waals surface area contributed by atoms with Gasteiger partial charge in [-0.2, -0.15) is 5.26 Å². The van der Waals surface area contributed by atoms with E-state index in [0.29, 0.717) is 6.42 Å². The number of hydrogen-bond acceptors (Lipinski definition) is 6. The van der Waals surface area contributed by atoms with E-state index in [9.17, 15) is 14.4 Å². The van der Waals surface area contributed by atoms with Crippen molar-refractivity contribution >= 4 is 17.9 Å². The highest BCUT2D eigenvalue weighted by atomic mass is 17.1. The number of esters is 1. The average molecular weight is 300 g/mol. The molecule has 0 aromatic heterocycles. The minimum atomic E-state index is -0.935. The second kappa shape index (κ2) is 9.71. The first-order chi connectivity index (χ1) is 9.84. The first kappa shape index (κ1) is 18.9. The van der Waals surface area contributed by atoms with Crippen molar-refractivity contribution < 1.29 is 34.4 Å². The number of rotatable bonds is 4. The molecule has 0 saturated heterocycles. The van der Waals surface area contributed by atoms with Crippen LogP contribution in [0.25, 0.3) is 0 Å². The average Bonchev–Trinajstić information content (AvgIpc) is 2.47. The molecule has 0 aromatic carbocycles. The van der Waals surface area contributed by atoms with Crippen LogP contribution in [-0.2, 0) is 24.0 Å². The van der Waals surface area contributed by atoms with E-state index in [1.54, 1.807) is 19.1 Å². The largest absolute Gasteiger partial charge is 0.478 e. The molecule has 0 saturated carbocycles. The standard InChI is InChI=1S/C10H14O5.C4H6O2/c1-2-14-9(11)7-5-3-4-6-8(7)10(12)15-13;1-3(2)4(5)6/h4,6-8,13H,2-3,5H2,1H3;1H2,2H3,(H,5,6). The summed E-state index contributed by atoms with van der Waals surface area (Å²) in [6.45, 7) is 6.58. The fraction of sp³-hybridized carbons (Fsp3) is 0.500. The third-order valence-corrected chi connectivity index (χ3v) is 2.74. The van der Waals surface area contributed by atoms with Crippen LogP contribution in [0.1, 0.15) is 26.7 Å². The Morgan fingerprint density at radius 3 is 2.33 bits per heavy atom. The van der Waals surface area contributed by atoms with Gasteiger partial charge in [-0.15, -0.1) is 0 Å². The lowest BCUT2D eigenvalue weighted by Gasteiger charge is -2.22. The van der Waals surface area contributed by atoms with Gasteiger partial charge >= 0.3 is 17.9 Å². The Balaban J connectivity index is 0.000000567. The Morgan fingerprint density at radius 1 is 1.33 bits per heavy atom. The molecular formula is C14H20O7. The molecule has 1 aliphatic carbocycles. The Kier molecular flexibility index (Phi) is 8.71. The molecular weight excluding hydrogens is 280 g/mol. The number of ether oxygens (including phenoxy) is 1. The van der Waals surface area contributed by atoms with Crippen LogP contribution in [0.2, 0.25) is 0 Å². The third-order valence-electron chi connectivity index (χ3n) is 2.74. The van der Waals surface area contributed by atoms with Crippen LogP contribution in [0.5, 0.6) is 0 Å². The zero-order valence-corrected chi connectivity index (χ0v) is 12.1. The highest BCUT2D eigenvalue weighted by Gasteiger charge is 2.35. The quantitative estimate of drug-likeness (QED) is 0.268. The van der Waals surface area contributed by atoms with E-state index in [-0.39, 0.29) is 12.2 Å². The van der Waals surface area contributed by atoms with Crippen LogP contribution in [-0.4, -0.2) is 34.9 Å². The van der Waals surface area contributed by atoms with Crippen LogP contribution < -0.4 is 0 Å². The molecule has 0 radical (unpaired) electrons. The molecule has 0 aromatic rings. The van der Waals surface area contributed by atoms with Crippen LogP contribution in [0.3, 0.4) is 0 Å². The Bertz CT molecular complexity index is 413. The van der Waals surface area contributed by atoms with Crippen molar-refractivity contribution in [2.24, 2.45) is 11.8 Å². The number of aliphatic carboxylic acids is 1. The molecule has 21 heavy (non-hydrogen) atoms. The summed E-state index contributed by atoms with van der Waals surface area (Å²) in [5, 5.41) is 16.2. The van der Waals surface area contributed by atoms with E-state index in [1.807, 2.05) is 0 Å². The highest BCUT2D eigenvalue weighted by molar-refractivity contribution is 5.85. The number of carboxylic acids is 1. The smallest absolute Gasteiger partial charge is 0.349 e. The molecule has 1 rings (SSSR count). The lowest BCUT2D eigenvalue weighted by atomic mass is 9.84. The summed E-state index contributed by atoms with van der Waals surface area (Å²) >= 11 is 0. The van der Waals surface area contributed by atoms with E-state index < -0.39 is 29.7 Å². The molecule has 118 valence electrons. The fourth-order valence-electron chi connectivity index (χ4n) is 1.65. The topological polar surface area (TPSA) is 110 Å². The van der Waals surface area contributed by atoms with Crippen molar-refractivity contribution in [1.82, 2.24) is 0 Å². The molecule has 0 amide bonds. The maximum atomic E-state index is 11.5. The van der Waals surface area contributed by atoms with E-state index >= 15 is 0 Å². The van der Waals surface area contributed by atoms with Crippen molar-refractivity contribution in [1.29, 1.82) is 0 Å². The predicted molar refractivity (Wildman–Crippen MR) is 73.2 cm³/mol. The first-order valence-corrected chi connectivity index (χ1v) is 6.42. The molecule has 7 nitrogen and oxygen atoms in total. The number of carbonyl (C=O) groups is 3. The summed E-state index contributed by atoms with van der Waals surface area (Å²) in [4.78, 5) is 35.9. The van der Waals surface area contributed by atoms with Gasteiger partial charge in [0.15, 0.2) is 0 Å². The van der Waals surface area contributed by atoms with Crippen LogP contribution in [0.4, 0.5) is 0 Å². The van der Waals surface area contributed by atoms with Gasteiger partial charge in [0.25, 0.3) is 0 Å². The van der Waals surface area contributed by atoms with E-state index in [0.717, 1.165) is 6.42 Å². The normalized spacial score (nSPS) is 19.8. The van der Waals surface area contributed by atoms with Crippen molar-refractivity contribution in [2.45, 2.75) is 26.7 Å². The molecule has 1 aliphatic rings. The number of allylic oxidation sites excluding steroid dienone is 1. The molecule has 0 bridgehead atoms. The lowest BCUT2D eigenvalue weighted by Crippen LogP contribution is -2.32. The van der Waals surface area contributed by atoms with Crippen molar-refractivity contribution in [3.8, 4) is 0 Å². The third kappa shape index (κ3) is 6.71. The van der Waals surface area contributed by atoms with Gasteiger partial charge in [-0.25, -0.2) is 9.59 Å². The van der Waals surface area contributed by atoms with Gasteiger partial charge < -0.3 is 14.7 Å². The van der Waals surface area contributed by atoms with Gasteiger partial charge in [0.1, 0.15) is 0 Å². The highest BCUT2D eigenvalue weighted by Crippen LogP contribution is 2.26. The SMILES string of the molecule is C=C(C)C(=O)O.CCOC(=O)C1CCC=CC1C(=O)OO. The van der Waals surface area contributed by atoms with E-state index in [4.69, 9.17) is 15.1 Å². The van der Waals surface area contributed by atoms with Crippen LogP contribution in [0.15, 0.2) is 24.3 Å². The Hall–Kier alpha value is -2.15. The maximum absolute atomic E-state index is 11.5. The van der Waals surface area contributed by atoms with Crippen LogP contribution >= 0.6 is 0 Å². The summed E-state index contributed by atoms with van der Waals surface area (Å²) in [7, 11) is 0. The van der Waals surface area contributed by atoms with E-state index in [1.165, 1.54) is 6.92 Å². The lowest BCUT2D eigenvalue weighted by molar-refractivity contribution is -0.239. The number of hydrogen-bond donors (Lipinski definition) is 2. The van der Waals surface area contributed by atoms with Gasteiger partial charge in [0.05, 0.1) is 18.4 Å². The maximum Gasteiger partial charge on any atom is 0.349 e. The fourth-order valence-corrected chi connectivity index (χ4v) is 1.65. The van der Waals surface area contributed by atoms with Gasteiger partial charge in [-0.1, -0.05) is 18.7 Å². The number of carboxylic acid groups (broad SMARTS) is 1. The second-order valence-corrected chi connectivity index (χ2v) is 4.39. The summed E-state index contributed by atoms with van der Waals surface area (Å²) in [6, 6.07) is 0. The molecule has 7 heteroatoms. The van der Waals surface area contributed by atoms with Crippen molar-refractivity contribution in [2.75, 3.05) is 6.61 Å². The van der Waals surface area contributed by atoms with Gasteiger partial charge in [-0.05, 0) is 26.7 Å². The Morgan fingerprint density at radius 2 is 1.90 bits per heavy atom. The van der Waals surface area contributed by atoms with Gasteiger partial charge in [0, 0.05) is 5.57 Å². The van der Waals surface area contributed by atoms with Crippen LogP contribution in [0, 0.1) is 11.8 Å². The molecule has 0 heterocycles.